The number of nitrogens with zero attached hydrogens (tertiary/aromatic N) is 3. The number of hydrogen-bond acceptors (Lipinski definition) is 7. The Kier molecular flexibility index (Phi) is 6.24. The Balaban J connectivity index is 1.22. The standard InChI is InChI=1S/C26H30N4O4/c1-4-18-9-5-6-13-30(18)15-20-12-11-19(32-20)14-27-25(31)26-28-24(29-34-26)23-17(3)21-10-7-8-16(2)22(21)33-23/h7-8,10-12,18H,4-6,9,13-15H2,1-3H3,(H,27,31). The van der Waals surface area contributed by atoms with Gasteiger partial charge in [0.15, 0.2) is 5.76 Å². The van der Waals surface area contributed by atoms with Crippen LogP contribution in [0.1, 0.15) is 65.9 Å². The number of aryl methyl sites for hydroxylation is 2. The highest BCUT2D eigenvalue weighted by atomic mass is 16.5. The molecule has 1 aromatic carbocycles. The second-order valence-corrected chi connectivity index (χ2v) is 9.01. The molecule has 8 nitrogen and oxygen atoms in total. The van der Waals surface area contributed by atoms with E-state index in [1.54, 1.807) is 0 Å². The van der Waals surface area contributed by atoms with E-state index >= 15 is 0 Å². The molecular weight excluding hydrogens is 432 g/mol. The minimum atomic E-state index is -0.455. The first-order valence-corrected chi connectivity index (χ1v) is 12.0. The van der Waals surface area contributed by atoms with Crippen LogP contribution in [0.3, 0.4) is 0 Å². The van der Waals surface area contributed by atoms with E-state index in [-0.39, 0.29) is 18.3 Å². The smallest absolute Gasteiger partial charge is 0.316 e. The number of hydrogen-bond donors (Lipinski definition) is 1. The number of fused-ring (bicyclic) bond motifs is 1. The van der Waals surface area contributed by atoms with E-state index in [1.165, 1.54) is 19.3 Å². The lowest BCUT2D eigenvalue weighted by Gasteiger charge is -2.34. The predicted molar refractivity (Wildman–Crippen MR) is 127 cm³/mol. The van der Waals surface area contributed by atoms with Gasteiger partial charge in [0.2, 0.25) is 5.82 Å². The van der Waals surface area contributed by atoms with E-state index in [9.17, 15) is 4.79 Å². The van der Waals surface area contributed by atoms with Gasteiger partial charge in [-0.2, -0.15) is 4.98 Å². The number of carbonyl (C=O) groups is 1. The average Bonchev–Trinajstić information content (AvgIpc) is 3.58. The predicted octanol–water partition coefficient (Wildman–Crippen LogP) is 5.39. The van der Waals surface area contributed by atoms with Crippen LogP contribution in [0, 0.1) is 13.8 Å². The minimum Gasteiger partial charge on any atom is -0.463 e. The molecule has 8 heteroatoms. The van der Waals surface area contributed by atoms with Crippen LogP contribution in [0.5, 0.6) is 0 Å². The Morgan fingerprint density at radius 3 is 2.82 bits per heavy atom. The van der Waals surface area contributed by atoms with Gasteiger partial charge in [-0.15, -0.1) is 0 Å². The van der Waals surface area contributed by atoms with E-state index in [0.29, 0.717) is 17.6 Å². The van der Waals surface area contributed by atoms with Gasteiger partial charge >= 0.3 is 11.8 Å². The van der Waals surface area contributed by atoms with E-state index in [2.05, 4.69) is 27.3 Å². The second kappa shape index (κ2) is 9.46. The monoisotopic (exact) mass is 462 g/mol. The maximum absolute atomic E-state index is 12.6. The molecule has 1 saturated heterocycles. The van der Waals surface area contributed by atoms with Gasteiger partial charge in [-0.1, -0.05) is 36.7 Å². The highest BCUT2D eigenvalue weighted by molar-refractivity contribution is 5.91. The summed E-state index contributed by atoms with van der Waals surface area (Å²) in [7, 11) is 0. The molecule has 1 aliphatic rings. The fraction of sp³-hybridized carbons (Fsp3) is 0.423. The molecule has 1 atom stereocenters. The molecule has 0 spiro atoms. The quantitative estimate of drug-likeness (QED) is 0.393. The van der Waals surface area contributed by atoms with Gasteiger partial charge in [0.1, 0.15) is 17.1 Å². The summed E-state index contributed by atoms with van der Waals surface area (Å²) < 4.78 is 17.2. The van der Waals surface area contributed by atoms with Gasteiger partial charge in [0.05, 0.1) is 13.1 Å². The molecule has 4 heterocycles. The number of carbonyl (C=O) groups excluding carboxylic acids is 1. The van der Waals surface area contributed by atoms with Crippen molar-refractivity contribution in [2.45, 2.75) is 65.6 Å². The lowest BCUT2D eigenvalue weighted by Crippen LogP contribution is -2.38. The third-order valence-corrected chi connectivity index (χ3v) is 6.70. The lowest BCUT2D eigenvalue weighted by molar-refractivity contribution is 0.0903. The summed E-state index contributed by atoms with van der Waals surface area (Å²) >= 11 is 0. The SMILES string of the molecule is CCC1CCCCN1Cc1ccc(CNC(=O)c2nc(-c3oc4c(C)cccc4c3C)no2)o1. The number of aromatic nitrogens is 2. The topological polar surface area (TPSA) is 97.5 Å². The number of piperidine rings is 1. The molecule has 0 bridgehead atoms. The molecule has 0 saturated carbocycles. The Hall–Kier alpha value is -3.39. The average molecular weight is 463 g/mol. The van der Waals surface area contributed by atoms with Gasteiger partial charge < -0.3 is 18.7 Å². The van der Waals surface area contributed by atoms with Crippen LogP contribution in [-0.2, 0) is 13.1 Å². The van der Waals surface area contributed by atoms with Crippen molar-refractivity contribution in [3.63, 3.8) is 0 Å². The number of benzene rings is 1. The molecule has 0 radical (unpaired) electrons. The lowest BCUT2D eigenvalue weighted by atomic mass is 10.00. The van der Waals surface area contributed by atoms with Crippen molar-refractivity contribution in [1.29, 1.82) is 0 Å². The molecular formula is C26H30N4O4. The fourth-order valence-electron chi connectivity index (χ4n) is 4.78. The third-order valence-electron chi connectivity index (χ3n) is 6.70. The van der Waals surface area contributed by atoms with Crippen LogP contribution in [0.2, 0.25) is 0 Å². The molecule has 1 unspecified atom stereocenters. The van der Waals surface area contributed by atoms with Crippen molar-refractivity contribution in [3.8, 4) is 11.6 Å². The van der Waals surface area contributed by atoms with Crippen LogP contribution >= 0.6 is 0 Å². The van der Waals surface area contributed by atoms with Gasteiger partial charge in [-0.25, -0.2) is 0 Å². The van der Waals surface area contributed by atoms with Crippen LogP contribution in [-0.4, -0.2) is 33.5 Å². The number of para-hydroxylation sites is 1. The van der Waals surface area contributed by atoms with E-state index < -0.39 is 5.91 Å². The van der Waals surface area contributed by atoms with Crippen molar-refractivity contribution in [2.75, 3.05) is 6.54 Å². The van der Waals surface area contributed by atoms with Crippen molar-refractivity contribution >= 4 is 16.9 Å². The molecule has 1 fully saturated rings. The first kappa shape index (κ1) is 22.4. The third kappa shape index (κ3) is 4.37. The normalized spacial score (nSPS) is 16.9. The Morgan fingerprint density at radius 1 is 1.15 bits per heavy atom. The van der Waals surface area contributed by atoms with Gasteiger partial charge in [0.25, 0.3) is 0 Å². The van der Waals surface area contributed by atoms with Crippen LogP contribution < -0.4 is 5.32 Å². The maximum atomic E-state index is 12.6. The van der Waals surface area contributed by atoms with Gasteiger partial charge in [-0.3, -0.25) is 9.69 Å². The Morgan fingerprint density at radius 2 is 2.00 bits per heavy atom. The summed E-state index contributed by atoms with van der Waals surface area (Å²) in [5.74, 6) is 1.80. The van der Waals surface area contributed by atoms with Crippen molar-refractivity contribution in [2.24, 2.45) is 0 Å². The second-order valence-electron chi connectivity index (χ2n) is 9.01. The largest absolute Gasteiger partial charge is 0.463 e. The molecule has 178 valence electrons. The van der Waals surface area contributed by atoms with Gasteiger partial charge in [-0.05, 0) is 57.4 Å². The zero-order valence-electron chi connectivity index (χ0n) is 19.9. The zero-order valence-corrected chi connectivity index (χ0v) is 19.9. The summed E-state index contributed by atoms with van der Waals surface area (Å²) in [6, 6.07) is 10.5. The maximum Gasteiger partial charge on any atom is 0.316 e. The minimum absolute atomic E-state index is 0.113. The fourth-order valence-corrected chi connectivity index (χ4v) is 4.78. The first-order chi connectivity index (χ1) is 16.5. The van der Waals surface area contributed by atoms with Crippen LogP contribution in [0.4, 0.5) is 0 Å². The molecule has 1 aliphatic heterocycles. The first-order valence-electron chi connectivity index (χ1n) is 12.0. The van der Waals surface area contributed by atoms with Gasteiger partial charge in [0, 0.05) is 17.0 Å². The number of rotatable bonds is 7. The number of amides is 1. The van der Waals surface area contributed by atoms with E-state index in [4.69, 9.17) is 13.4 Å². The van der Waals surface area contributed by atoms with Crippen molar-refractivity contribution in [1.82, 2.24) is 20.4 Å². The summed E-state index contributed by atoms with van der Waals surface area (Å²) in [6.07, 6.45) is 4.94. The molecule has 5 rings (SSSR count). The van der Waals surface area contributed by atoms with E-state index in [0.717, 1.165) is 47.4 Å². The summed E-state index contributed by atoms with van der Waals surface area (Å²) in [5.41, 5.74) is 2.72. The molecule has 0 aliphatic carbocycles. The van der Waals surface area contributed by atoms with Crippen molar-refractivity contribution < 1.29 is 18.2 Å². The number of nitrogens with one attached hydrogen (secondary N) is 1. The highest BCUT2D eigenvalue weighted by Crippen LogP contribution is 2.33. The van der Waals surface area contributed by atoms with Crippen LogP contribution in [0.15, 0.2) is 43.7 Å². The van der Waals surface area contributed by atoms with Crippen molar-refractivity contribution in [3.05, 3.63) is 58.9 Å². The molecule has 3 aromatic heterocycles. The van der Waals surface area contributed by atoms with Crippen LogP contribution in [0.25, 0.3) is 22.6 Å². The number of likely N-dealkylation sites (tertiary alicyclic amines) is 1. The Bertz CT molecular complexity index is 1300. The molecule has 1 amide bonds. The zero-order chi connectivity index (χ0) is 23.7. The molecule has 34 heavy (non-hydrogen) atoms. The van der Waals surface area contributed by atoms with E-state index in [1.807, 2.05) is 44.2 Å². The Labute approximate surface area is 198 Å². The summed E-state index contributed by atoms with van der Waals surface area (Å²) in [4.78, 5) is 19.3. The summed E-state index contributed by atoms with van der Waals surface area (Å²) in [6.45, 7) is 8.32. The highest BCUT2D eigenvalue weighted by Gasteiger charge is 2.23. The molecule has 1 N–H and O–H groups in total. The number of furan rings is 2. The summed E-state index contributed by atoms with van der Waals surface area (Å²) in [5, 5.41) is 7.75. The molecule has 4 aromatic rings.